The van der Waals surface area contributed by atoms with Gasteiger partial charge in [-0.15, -0.1) is 0 Å². The van der Waals surface area contributed by atoms with E-state index in [4.69, 9.17) is 18.0 Å². The molecule has 0 unspecified atom stereocenters. The predicted molar refractivity (Wildman–Crippen MR) is 80.3 cm³/mol. The van der Waals surface area contributed by atoms with Crippen molar-refractivity contribution in [3.05, 3.63) is 51.8 Å². The summed E-state index contributed by atoms with van der Waals surface area (Å²) < 4.78 is 0. The minimum atomic E-state index is -0.366. The highest BCUT2D eigenvalue weighted by Crippen LogP contribution is 2.20. The fourth-order valence-corrected chi connectivity index (χ4v) is 1.93. The first-order chi connectivity index (χ1) is 8.99. The summed E-state index contributed by atoms with van der Waals surface area (Å²) in [5, 5.41) is 6.43. The molecular formula is C14H15N3OS. The Morgan fingerprint density at radius 1 is 1.32 bits per heavy atom. The van der Waals surface area contributed by atoms with E-state index in [1.807, 2.05) is 24.3 Å². The van der Waals surface area contributed by atoms with Gasteiger partial charge in [-0.2, -0.15) is 5.10 Å². The second-order valence-corrected chi connectivity index (χ2v) is 5.08. The molecule has 0 aliphatic rings. The lowest BCUT2D eigenvalue weighted by atomic mass is 10.0. The lowest BCUT2D eigenvalue weighted by Gasteiger charge is -2.07. The van der Waals surface area contributed by atoms with Gasteiger partial charge in [-0.1, -0.05) is 50.3 Å². The molecule has 2 aromatic rings. The normalized spacial score (nSPS) is 10.7. The Morgan fingerprint density at radius 2 is 1.95 bits per heavy atom. The summed E-state index contributed by atoms with van der Waals surface area (Å²) >= 11 is 4.84. The minimum absolute atomic E-state index is 0.0729. The van der Waals surface area contributed by atoms with Crippen LogP contribution in [-0.2, 0) is 0 Å². The van der Waals surface area contributed by atoms with Crippen molar-refractivity contribution in [3.8, 4) is 11.3 Å². The molecule has 0 bridgehead atoms. The summed E-state index contributed by atoms with van der Waals surface area (Å²) in [6, 6.07) is 9.66. The van der Waals surface area contributed by atoms with Crippen LogP contribution in [0.3, 0.4) is 0 Å². The minimum Gasteiger partial charge on any atom is -0.389 e. The third-order valence-electron chi connectivity index (χ3n) is 2.94. The molecule has 5 heteroatoms. The van der Waals surface area contributed by atoms with E-state index in [9.17, 15) is 4.79 Å². The molecular weight excluding hydrogens is 258 g/mol. The Bertz CT molecular complexity index is 659. The summed E-state index contributed by atoms with van der Waals surface area (Å²) in [4.78, 5) is 11.6. The number of nitrogens with zero attached hydrogens (tertiary/aromatic N) is 1. The van der Waals surface area contributed by atoms with Crippen LogP contribution in [-0.4, -0.2) is 15.2 Å². The lowest BCUT2D eigenvalue weighted by molar-refractivity contribution is 0.867. The van der Waals surface area contributed by atoms with E-state index in [1.54, 1.807) is 6.07 Å². The molecule has 0 saturated carbocycles. The van der Waals surface area contributed by atoms with Gasteiger partial charge in [0.1, 0.15) is 4.99 Å². The molecule has 3 N–H and O–H groups in total. The van der Waals surface area contributed by atoms with Crippen molar-refractivity contribution in [2.24, 2.45) is 5.73 Å². The summed E-state index contributed by atoms with van der Waals surface area (Å²) in [5.74, 6) is 0.477. The maximum absolute atomic E-state index is 11.5. The number of hydrogen-bond donors (Lipinski definition) is 2. The number of rotatable bonds is 3. The van der Waals surface area contributed by atoms with Gasteiger partial charge in [0.05, 0.1) is 11.3 Å². The molecule has 0 amide bonds. The van der Waals surface area contributed by atoms with Gasteiger partial charge in [0.15, 0.2) is 0 Å². The highest BCUT2D eigenvalue weighted by Gasteiger charge is 2.08. The van der Waals surface area contributed by atoms with Crippen molar-refractivity contribution < 1.29 is 0 Å². The van der Waals surface area contributed by atoms with Gasteiger partial charge in [0.2, 0.25) is 0 Å². The molecule has 0 aliphatic carbocycles. The quantitative estimate of drug-likeness (QED) is 0.841. The maximum atomic E-state index is 11.5. The van der Waals surface area contributed by atoms with E-state index in [-0.39, 0.29) is 16.1 Å². The van der Waals surface area contributed by atoms with Crippen LogP contribution in [0.5, 0.6) is 0 Å². The van der Waals surface area contributed by atoms with Crippen LogP contribution in [0.1, 0.15) is 30.9 Å². The number of nitrogens with two attached hydrogens (primary N) is 1. The van der Waals surface area contributed by atoms with Crippen molar-refractivity contribution in [2.75, 3.05) is 0 Å². The van der Waals surface area contributed by atoms with E-state index in [2.05, 4.69) is 24.0 Å². The smallest absolute Gasteiger partial charge is 0.274 e. The predicted octanol–water partition coefficient (Wildman–Crippen LogP) is 2.19. The van der Waals surface area contributed by atoms with Gasteiger partial charge in [0, 0.05) is 5.56 Å². The van der Waals surface area contributed by atoms with E-state index < -0.39 is 0 Å². The van der Waals surface area contributed by atoms with Crippen LogP contribution in [0.4, 0.5) is 0 Å². The van der Waals surface area contributed by atoms with Gasteiger partial charge in [-0.3, -0.25) is 4.79 Å². The van der Waals surface area contributed by atoms with E-state index in [1.165, 1.54) is 5.56 Å². The van der Waals surface area contributed by atoms with Gasteiger partial charge in [-0.25, -0.2) is 5.10 Å². The zero-order valence-corrected chi connectivity index (χ0v) is 11.6. The third kappa shape index (κ3) is 2.88. The second-order valence-electron chi connectivity index (χ2n) is 4.64. The summed E-state index contributed by atoms with van der Waals surface area (Å²) in [6.45, 7) is 4.27. The van der Waals surface area contributed by atoms with Crippen LogP contribution < -0.4 is 11.3 Å². The van der Waals surface area contributed by atoms with E-state index in [0.717, 1.165) is 5.56 Å². The number of hydrogen-bond acceptors (Lipinski definition) is 3. The van der Waals surface area contributed by atoms with Gasteiger partial charge in [0.25, 0.3) is 5.56 Å². The zero-order chi connectivity index (χ0) is 14.0. The fraction of sp³-hybridized carbons (Fsp3) is 0.214. The van der Waals surface area contributed by atoms with E-state index >= 15 is 0 Å². The zero-order valence-electron chi connectivity index (χ0n) is 10.8. The monoisotopic (exact) mass is 273 g/mol. The van der Waals surface area contributed by atoms with Gasteiger partial charge < -0.3 is 5.73 Å². The average molecular weight is 273 g/mol. The molecule has 0 saturated heterocycles. The second kappa shape index (κ2) is 5.32. The molecule has 1 heterocycles. The average Bonchev–Trinajstić information content (AvgIpc) is 2.39. The topological polar surface area (TPSA) is 71.8 Å². The number of aromatic amines is 1. The summed E-state index contributed by atoms with van der Waals surface area (Å²) in [7, 11) is 0. The fourth-order valence-electron chi connectivity index (χ4n) is 1.78. The van der Waals surface area contributed by atoms with Crippen molar-refractivity contribution in [1.82, 2.24) is 10.2 Å². The lowest BCUT2D eigenvalue weighted by Crippen LogP contribution is -2.23. The van der Waals surface area contributed by atoms with Gasteiger partial charge >= 0.3 is 0 Å². The molecule has 98 valence electrons. The molecule has 0 radical (unpaired) electrons. The molecule has 2 rings (SSSR count). The number of H-pyrrole nitrogens is 1. The van der Waals surface area contributed by atoms with Crippen LogP contribution in [0.2, 0.25) is 0 Å². The largest absolute Gasteiger partial charge is 0.389 e. The molecule has 0 aliphatic heterocycles. The van der Waals surface area contributed by atoms with Crippen molar-refractivity contribution in [1.29, 1.82) is 0 Å². The molecule has 0 atom stereocenters. The Morgan fingerprint density at radius 3 is 2.47 bits per heavy atom. The van der Waals surface area contributed by atoms with Crippen molar-refractivity contribution in [2.45, 2.75) is 19.8 Å². The molecule has 1 aromatic heterocycles. The van der Waals surface area contributed by atoms with Crippen LogP contribution >= 0.6 is 12.2 Å². The number of aromatic nitrogens is 2. The molecule has 0 fully saturated rings. The third-order valence-corrected chi connectivity index (χ3v) is 3.16. The number of benzene rings is 1. The molecule has 1 aromatic carbocycles. The Labute approximate surface area is 116 Å². The Kier molecular flexibility index (Phi) is 3.76. The summed E-state index contributed by atoms with van der Waals surface area (Å²) in [5.41, 5.74) is 8.25. The summed E-state index contributed by atoms with van der Waals surface area (Å²) in [6.07, 6.45) is 0. The Balaban J connectivity index is 2.44. The first-order valence-corrected chi connectivity index (χ1v) is 6.39. The SMILES string of the molecule is CC(C)c1ccc(-c2cc(C(N)=S)c(=O)[nH]n2)cc1. The number of nitrogens with one attached hydrogen (secondary N) is 1. The standard InChI is InChI=1S/C14H15N3OS/c1-8(2)9-3-5-10(6-4-9)12-7-11(13(15)19)14(18)17-16-12/h3-8H,1-2H3,(H2,15,19)(H,17,18). The van der Waals surface area contributed by atoms with Crippen LogP contribution in [0.25, 0.3) is 11.3 Å². The van der Waals surface area contributed by atoms with Gasteiger partial charge in [-0.05, 0) is 17.5 Å². The first kappa shape index (κ1) is 13.4. The van der Waals surface area contributed by atoms with Crippen LogP contribution in [0.15, 0.2) is 35.1 Å². The maximum Gasteiger partial charge on any atom is 0.274 e. The molecule has 4 nitrogen and oxygen atoms in total. The molecule has 19 heavy (non-hydrogen) atoms. The highest BCUT2D eigenvalue weighted by molar-refractivity contribution is 7.80. The molecule has 0 spiro atoms. The van der Waals surface area contributed by atoms with Crippen molar-refractivity contribution in [3.63, 3.8) is 0 Å². The highest BCUT2D eigenvalue weighted by atomic mass is 32.1. The first-order valence-electron chi connectivity index (χ1n) is 5.99. The number of thiocarbonyl (C=S) groups is 1. The van der Waals surface area contributed by atoms with Crippen molar-refractivity contribution >= 4 is 17.2 Å². The van der Waals surface area contributed by atoms with E-state index in [0.29, 0.717) is 11.6 Å². The Hall–Kier alpha value is -2.01. The van der Waals surface area contributed by atoms with Crippen LogP contribution in [0, 0.1) is 0 Å².